The number of aliphatic imine (C=N–C) groups is 1. The monoisotopic (exact) mass is 217 g/mol. The van der Waals surface area contributed by atoms with Gasteiger partial charge in [-0.2, -0.15) is 0 Å². The maximum absolute atomic E-state index is 5.61. The molecule has 0 aromatic heterocycles. The van der Waals surface area contributed by atoms with E-state index in [0.29, 0.717) is 12.0 Å². The van der Waals surface area contributed by atoms with E-state index in [1.165, 1.54) is 11.1 Å². The Hall–Kier alpha value is -1.31. The van der Waals surface area contributed by atoms with Gasteiger partial charge in [0.05, 0.1) is 6.04 Å². The summed E-state index contributed by atoms with van der Waals surface area (Å²) in [7, 11) is 0. The third kappa shape index (κ3) is 2.63. The second-order valence-electron chi connectivity index (χ2n) is 4.81. The molecule has 0 N–H and O–H groups in total. The molecule has 2 nitrogen and oxygen atoms in total. The lowest BCUT2D eigenvalue weighted by Gasteiger charge is -2.06. The van der Waals surface area contributed by atoms with Crippen molar-refractivity contribution in [2.75, 3.05) is 6.61 Å². The van der Waals surface area contributed by atoms with E-state index in [1.54, 1.807) is 0 Å². The highest BCUT2D eigenvalue weighted by Crippen LogP contribution is 2.16. The van der Waals surface area contributed by atoms with E-state index >= 15 is 0 Å². The van der Waals surface area contributed by atoms with Crippen LogP contribution in [0.3, 0.4) is 0 Å². The van der Waals surface area contributed by atoms with E-state index in [0.717, 1.165) is 18.9 Å². The maximum atomic E-state index is 5.61. The molecule has 0 radical (unpaired) electrons. The molecule has 0 saturated heterocycles. The second-order valence-corrected chi connectivity index (χ2v) is 4.81. The molecule has 0 fully saturated rings. The molecular weight excluding hydrogens is 198 g/mol. The Morgan fingerprint density at radius 3 is 2.56 bits per heavy atom. The summed E-state index contributed by atoms with van der Waals surface area (Å²) in [6.45, 7) is 7.22. The molecule has 2 heteroatoms. The largest absolute Gasteiger partial charge is 0.478 e. The number of hydrogen-bond acceptors (Lipinski definition) is 2. The van der Waals surface area contributed by atoms with Gasteiger partial charge in [0.15, 0.2) is 5.90 Å². The van der Waals surface area contributed by atoms with Crippen molar-refractivity contribution in [2.45, 2.75) is 33.2 Å². The Morgan fingerprint density at radius 1 is 1.31 bits per heavy atom. The van der Waals surface area contributed by atoms with Crippen LogP contribution in [0.2, 0.25) is 0 Å². The zero-order valence-electron chi connectivity index (χ0n) is 10.2. The fourth-order valence-electron chi connectivity index (χ4n) is 1.76. The molecule has 0 saturated carbocycles. The summed E-state index contributed by atoms with van der Waals surface area (Å²) < 4.78 is 5.61. The van der Waals surface area contributed by atoms with E-state index in [1.807, 2.05) is 0 Å². The van der Waals surface area contributed by atoms with Crippen LogP contribution in [-0.4, -0.2) is 18.5 Å². The highest BCUT2D eigenvalue weighted by molar-refractivity contribution is 5.80. The molecule has 1 aliphatic heterocycles. The first-order valence-electron chi connectivity index (χ1n) is 5.90. The van der Waals surface area contributed by atoms with E-state index in [-0.39, 0.29) is 0 Å². The molecule has 86 valence electrons. The van der Waals surface area contributed by atoms with Crippen LogP contribution < -0.4 is 0 Å². The molecule has 0 aliphatic carbocycles. The van der Waals surface area contributed by atoms with Gasteiger partial charge in [-0.25, -0.2) is 4.99 Å². The quantitative estimate of drug-likeness (QED) is 0.762. The van der Waals surface area contributed by atoms with Gasteiger partial charge >= 0.3 is 0 Å². The van der Waals surface area contributed by atoms with Gasteiger partial charge in [0, 0.05) is 6.42 Å². The van der Waals surface area contributed by atoms with Gasteiger partial charge < -0.3 is 4.74 Å². The molecule has 0 bridgehead atoms. The maximum Gasteiger partial charge on any atom is 0.188 e. The lowest BCUT2D eigenvalue weighted by Crippen LogP contribution is -2.13. The van der Waals surface area contributed by atoms with Crippen LogP contribution in [0.25, 0.3) is 0 Å². The first kappa shape index (κ1) is 11.2. The molecule has 2 rings (SSSR count). The van der Waals surface area contributed by atoms with Crippen molar-refractivity contribution in [1.82, 2.24) is 0 Å². The van der Waals surface area contributed by atoms with E-state index in [2.05, 4.69) is 50.0 Å². The Kier molecular flexibility index (Phi) is 3.28. The number of rotatable bonds is 3. The standard InChI is InChI=1S/C14H19NO/c1-10(2)13-9-16-14(15-13)8-12-6-4-11(3)5-7-12/h4-7,10,13H,8-9H2,1-3H3. The van der Waals surface area contributed by atoms with E-state index in [4.69, 9.17) is 4.74 Å². The van der Waals surface area contributed by atoms with Gasteiger partial charge in [0.1, 0.15) is 6.61 Å². The molecule has 0 amide bonds. The lowest BCUT2D eigenvalue weighted by molar-refractivity contribution is 0.287. The number of hydrogen-bond donors (Lipinski definition) is 0. The number of nitrogens with zero attached hydrogens (tertiary/aromatic N) is 1. The molecule has 1 heterocycles. The normalized spacial score (nSPS) is 19.8. The van der Waals surface area contributed by atoms with Crippen LogP contribution in [0, 0.1) is 12.8 Å². The third-order valence-corrected chi connectivity index (χ3v) is 2.98. The molecule has 1 aromatic carbocycles. The fraction of sp³-hybridized carbons (Fsp3) is 0.500. The predicted molar refractivity (Wildman–Crippen MR) is 66.9 cm³/mol. The first-order chi connectivity index (χ1) is 7.65. The highest BCUT2D eigenvalue weighted by atomic mass is 16.5. The highest BCUT2D eigenvalue weighted by Gasteiger charge is 2.21. The van der Waals surface area contributed by atoms with Crippen molar-refractivity contribution in [2.24, 2.45) is 10.9 Å². The predicted octanol–water partition coefficient (Wildman–Crippen LogP) is 2.99. The van der Waals surface area contributed by atoms with Gasteiger partial charge in [-0.3, -0.25) is 0 Å². The Balaban J connectivity index is 2.01. The van der Waals surface area contributed by atoms with Gasteiger partial charge in [0.2, 0.25) is 0 Å². The fourth-order valence-corrected chi connectivity index (χ4v) is 1.76. The van der Waals surface area contributed by atoms with Crippen molar-refractivity contribution in [3.8, 4) is 0 Å². The average Bonchev–Trinajstić information content (AvgIpc) is 2.70. The first-order valence-corrected chi connectivity index (χ1v) is 5.90. The van der Waals surface area contributed by atoms with Gasteiger partial charge in [0.25, 0.3) is 0 Å². The minimum Gasteiger partial charge on any atom is -0.478 e. The smallest absolute Gasteiger partial charge is 0.188 e. The number of ether oxygens (including phenoxy) is 1. The van der Waals surface area contributed by atoms with Crippen molar-refractivity contribution in [1.29, 1.82) is 0 Å². The molecule has 1 aliphatic rings. The second kappa shape index (κ2) is 4.69. The van der Waals surface area contributed by atoms with Crippen LogP contribution in [0.1, 0.15) is 25.0 Å². The van der Waals surface area contributed by atoms with Crippen LogP contribution in [0.4, 0.5) is 0 Å². The summed E-state index contributed by atoms with van der Waals surface area (Å²) in [6.07, 6.45) is 0.823. The van der Waals surface area contributed by atoms with Gasteiger partial charge in [-0.1, -0.05) is 43.7 Å². The van der Waals surface area contributed by atoms with Crippen molar-refractivity contribution >= 4 is 5.90 Å². The van der Waals surface area contributed by atoms with Crippen LogP contribution in [-0.2, 0) is 11.2 Å². The van der Waals surface area contributed by atoms with Crippen molar-refractivity contribution in [3.63, 3.8) is 0 Å². The summed E-state index contributed by atoms with van der Waals surface area (Å²) in [6, 6.07) is 8.89. The summed E-state index contributed by atoms with van der Waals surface area (Å²) >= 11 is 0. The summed E-state index contributed by atoms with van der Waals surface area (Å²) in [4.78, 5) is 4.60. The lowest BCUT2D eigenvalue weighted by atomic mass is 10.1. The molecule has 0 spiro atoms. The summed E-state index contributed by atoms with van der Waals surface area (Å²) in [5.74, 6) is 1.46. The van der Waals surface area contributed by atoms with Crippen molar-refractivity contribution in [3.05, 3.63) is 35.4 Å². The summed E-state index contributed by atoms with van der Waals surface area (Å²) in [5.41, 5.74) is 2.56. The molecule has 1 atom stereocenters. The summed E-state index contributed by atoms with van der Waals surface area (Å²) in [5, 5.41) is 0. The molecule has 1 unspecified atom stereocenters. The Morgan fingerprint density at radius 2 is 2.00 bits per heavy atom. The van der Waals surface area contributed by atoms with Crippen LogP contribution in [0.5, 0.6) is 0 Å². The molecular formula is C14H19NO. The van der Waals surface area contributed by atoms with Crippen LogP contribution in [0.15, 0.2) is 29.3 Å². The van der Waals surface area contributed by atoms with E-state index in [9.17, 15) is 0 Å². The Bertz CT molecular complexity index is 378. The topological polar surface area (TPSA) is 21.6 Å². The minimum atomic E-state index is 0.348. The molecule has 16 heavy (non-hydrogen) atoms. The average molecular weight is 217 g/mol. The minimum absolute atomic E-state index is 0.348. The van der Waals surface area contributed by atoms with E-state index < -0.39 is 0 Å². The van der Waals surface area contributed by atoms with Crippen LogP contribution >= 0.6 is 0 Å². The third-order valence-electron chi connectivity index (χ3n) is 2.98. The zero-order chi connectivity index (χ0) is 11.5. The SMILES string of the molecule is Cc1ccc(CC2=NC(C(C)C)CO2)cc1. The van der Waals surface area contributed by atoms with Gasteiger partial charge in [-0.15, -0.1) is 0 Å². The molecule has 1 aromatic rings. The number of benzene rings is 1. The zero-order valence-corrected chi connectivity index (χ0v) is 10.2. The Labute approximate surface area is 97.4 Å². The number of aryl methyl sites for hydroxylation is 1. The van der Waals surface area contributed by atoms with Crippen molar-refractivity contribution < 1.29 is 4.74 Å². The van der Waals surface area contributed by atoms with Gasteiger partial charge in [-0.05, 0) is 18.4 Å².